The lowest BCUT2D eigenvalue weighted by Crippen LogP contribution is -2.14. The Morgan fingerprint density at radius 2 is 1.83 bits per heavy atom. The number of aromatic nitrogens is 1. The highest BCUT2D eigenvalue weighted by molar-refractivity contribution is 7.07. The molecular weight excluding hydrogens is 378 g/mol. The second-order valence-corrected chi connectivity index (χ2v) is 6.77. The van der Waals surface area contributed by atoms with Gasteiger partial charge >= 0.3 is 0 Å². The van der Waals surface area contributed by atoms with Crippen LogP contribution in [0.4, 0.5) is 4.39 Å². The van der Waals surface area contributed by atoms with Crippen molar-refractivity contribution >= 4 is 46.1 Å². The molecular formula is C16H10Cl3FN2S. The number of hydrogen-bond donors (Lipinski definition) is 0. The summed E-state index contributed by atoms with van der Waals surface area (Å²) in [6.45, 7) is 0. The van der Waals surface area contributed by atoms with Crippen molar-refractivity contribution in [2.24, 2.45) is 4.99 Å². The van der Waals surface area contributed by atoms with E-state index in [-0.39, 0.29) is 5.02 Å². The second-order valence-electron chi connectivity index (χ2n) is 4.69. The summed E-state index contributed by atoms with van der Waals surface area (Å²) in [5.74, 6) is -0.465. The van der Waals surface area contributed by atoms with Crippen molar-refractivity contribution in [2.75, 3.05) is 7.05 Å². The number of benzene rings is 2. The summed E-state index contributed by atoms with van der Waals surface area (Å²) in [6, 6.07) is 9.83. The van der Waals surface area contributed by atoms with Gasteiger partial charge in [0.2, 0.25) is 0 Å². The van der Waals surface area contributed by atoms with Crippen LogP contribution in [0.3, 0.4) is 0 Å². The first-order chi connectivity index (χ1) is 11.0. The van der Waals surface area contributed by atoms with Crippen LogP contribution >= 0.6 is 46.1 Å². The molecule has 0 N–H and O–H groups in total. The van der Waals surface area contributed by atoms with Gasteiger partial charge in [0.15, 0.2) is 4.80 Å². The Morgan fingerprint density at radius 1 is 1.04 bits per heavy atom. The molecule has 0 spiro atoms. The molecule has 0 unspecified atom stereocenters. The van der Waals surface area contributed by atoms with Crippen molar-refractivity contribution in [3.63, 3.8) is 0 Å². The molecule has 0 radical (unpaired) electrons. The van der Waals surface area contributed by atoms with Crippen molar-refractivity contribution in [1.29, 1.82) is 0 Å². The van der Waals surface area contributed by atoms with Gasteiger partial charge in [-0.15, -0.1) is 11.3 Å². The normalized spacial score (nSPS) is 12.0. The average Bonchev–Trinajstić information content (AvgIpc) is 2.93. The molecule has 0 saturated carbocycles. The van der Waals surface area contributed by atoms with Crippen LogP contribution < -0.4 is 4.80 Å². The zero-order chi connectivity index (χ0) is 16.6. The van der Waals surface area contributed by atoms with Gasteiger partial charge in [-0.3, -0.25) is 9.56 Å². The van der Waals surface area contributed by atoms with Crippen molar-refractivity contribution in [3.05, 3.63) is 67.5 Å². The second kappa shape index (κ2) is 6.65. The van der Waals surface area contributed by atoms with E-state index in [4.69, 9.17) is 34.8 Å². The average molecular weight is 388 g/mol. The topological polar surface area (TPSA) is 17.3 Å². The molecule has 0 saturated heterocycles. The van der Waals surface area contributed by atoms with E-state index in [1.807, 2.05) is 16.0 Å². The van der Waals surface area contributed by atoms with Crippen molar-refractivity contribution in [1.82, 2.24) is 4.57 Å². The molecule has 2 aromatic carbocycles. The number of thiazole rings is 1. The third-order valence-electron chi connectivity index (χ3n) is 3.27. The molecule has 7 heteroatoms. The predicted molar refractivity (Wildman–Crippen MR) is 95.6 cm³/mol. The molecule has 0 aliphatic rings. The molecule has 0 bridgehead atoms. The highest BCUT2D eigenvalue weighted by Gasteiger charge is 2.14. The van der Waals surface area contributed by atoms with E-state index in [2.05, 4.69) is 4.99 Å². The molecule has 1 heterocycles. The molecule has 3 aromatic rings. The van der Waals surface area contributed by atoms with Gasteiger partial charge in [0.05, 0.1) is 21.4 Å². The quantitative estimate of drug-likeness (QED) is 0.526. The van der Waals surface area contributed by atoms with Crippen molar-refractivity contribution in [2.45, 2.75) is 0 Å². The van der Waals surface area contributed by atoms with Crippen molar-refractivity contribution in [3.8, 4) is 16.9 Å². The first kappa shape index (κ1) is 16.5. The maximum Gasteiger partial charge on any atom is 0.189 e. The van der Waals surface area contributed by atoms with Crippen LogP contribution in [0, 0.1) is 5.82 Å². The minimum Gasteiger partial charge on any atom is -0.285 e. The summed E-state index contributed by atoms with van der Waals surface area (Å²) in [4.78, 5) is 5.01. The summed E-state index contributed by atoms with van der Waals surface area (Å²) in [5.41, 5.74) is 2.35. The summed E-state index contributed by atoms with van der Waals surface area (Å²) >= 11 is 19.7. The van der Waals surface area contributed by atoms with Gasteiger partial charge < -0.3 is 0 Å². The smallest absolute Gasteiger partial charge is 0.189 e. The van der Waals surface area contributed by atoms with E-state index in [0.29, 0.717) is 15.7 Å². The van der Waals surface area contributed by atoms with Crippen LogP contribution in [0.1, 0.15) is 0 Å². The molecule has 118 valence electrons. The third kappa shape index (κ3) is 3.17. The summed E-state index contributed by atoms with van der Waals surface area (Å²) < 4.78 is 15.3. The largest absolute Gasteiger partial charge is 0.285 e. The SMILES string of the molecule is CN=c1scc(-c2ccc(Cl)cc2Cl)n1-c1ccc(F)c(Cl)c1. The van der Waals surface area contributed by atoms with Crippen LogP contribution in [0.15, 0.2) is 46.8 Å². The van der Waals surface area contributed by atoms with Crippen LogP contribution in [0.5, 0.6) is 0 Å². The van der Waals surface area contributed by atoms with Gasteiger partial charge in [0, 0.05) is 23.0 Å². The lowest BCUT2D eigenvalue weighted by molar-refractivity contribution is 0.628. The maximum absolute atomic E-state index is 13.5. The molecule has 2 nitrogen and oxygen atoms in total. The van der Waals surface area contributed by atoms with E-state index in [1.165, 1.54) is 17.4 Å². The molecule has 23 heavy (non-hydrogen) atoms. The number of halogens is 4. The van der Waals surface area contributed by atoms with E-state index in [9.17, 15) is 4.39 Å². The van der Waals surface area contributed by atoms with Gasteiger partial charge in [-0.25, -0.2) is 4.39 Å². The first-order valence-electron chi connectivity index (χ1n) is 6.55. The van der Waals surface area contributed by atoms with Crippen LogP contribution in [-0.2, 0) is 0 Å². The highest BCUT2D eigenvalue weighted by Crippen LogP contribution is 2.32. The third-order valence-corrected chi connectivity index (χ3v) is 5.02. The lowest BCUT2D eigenvalue weighted by Gasteiger charge is -2.11. The highest BCUT2D eigenvalue weighted by atomic mass is 35.5. The van der Waals surface area contributed by atoms with E-state index in [1.54, 1.807) is 31.3 Å². The predicted octanol–water partition coefficient (Wildman–Crippen LogP) is 5.84. The van der Waals surface area contributed by atoms with Gasteiger partial charge in [-0.05, 0) is 36.4 Å². The lowest BCUT2D eigenvalue weighted by atomic mass is 10.1. The van der Waals surface area contributed by atoms with Gasteiger partial charge in [0.1, 0.15) is 5.82 Å². The van der Waals surface area contributed by atoms with Crippen LogP contribution in [0.2, 0.25) is 15.1 Å². The summed E-state index contributed by atoms with van der Waals surface area (Å²) in [7, 11) is 1.70. The fourth-order valence-corrected chi connectivity index (χ4v) is 3.77. The Balaban J connectivity index is 2.28. The Labute approximate surface area is 151 Å². The Hall–Kier alpha value is -1.33. The summed E-state index contributed by atoms with van der Waals surface area (Å²) in [6.07, 6.45) is 0. The van der Waals surface area contributed by atoms with Crippen LogP contribution in [-0.4, -0.2) is 11.6 Å². The molecule has 0 aliphatic heterocycles. The van der Waals surface area contributed by atoms with E-state index < -0.39 is 5.82 Å². The molecule has 0 amide bonds. The fraction of sp³-hybridized carbons (Fsp3) is 0.0625. The Bertz CT molecular complexity index is 947. The number of hydrogen-bond acceptors (Lipinski definition) is 2. The number of nitrogens with zero attached hydrogens (tertiary/aromatic N) is 2. The molecule has 0 aliphatic carbocycles. The molecule has 1 aromatic heterocycles. The van der Waals surface area contributed by atoms with Gasteiger partial charge in [-0.1, -0.05) is 34.8 Å². The number of rotatable bonds is 2. The van der Waals surface area contributed by atoms with E-state index in [0.717, 1.165) is 16.1 Å². The minimum absolute atomic E-state index is 0.0522. The molecule has 0 atom stereocenters. The van der Waals surface area contributed by atoms with Gasteiger partial charge in [-0.2, -0.15) is 0 Å². The van der Waals surface area contributed by atoms with E-state index >= 15 is 0 Å². The Morgan fingerprint density at radius 3 is 2.48 bits per heavy atom. The maximum atomic E-state index is 13.5. The standard InChI is InChI=1S/C16H10Cl3FN2S/c1-21-16-22(10-3-5-14(20)13(19)7-10)15(8-23-16)11-4-2-9(17)6-12(11)18/h2-8H,1H3. The van der Waals surface area contributed by atoms with Crippen molar-refractivity contribution < 1.29 is 4.39 Å². The zero-order valence-corrected chi connectivity index (χ0v) is 14.9. The Kier molecular flexibility index (Phi) is 4.78. The fourth-order valence-electron chi connectivity index (χ4n) is 2.22. The first-order valence-corrected chi connectivity index (χ1v) is 8.57. The van der Waals surface area contributed by atoms with Gasteiger partial charge in [0.25, 0.3) is 0 Å². The minimum atomic E-state index is -0.465. The molecule has 3 rings (SSSR count). The zero-order valence-electron chi connectivity index (χ0n) is 11.9. The van der Waals surface area contributed by atoms with Crippen LogP contribution in [0.25, 0.3) is 16.9 Å². The monoisotopic (exact) mass is 386 g/mol. The molecule has 0 fully saturated rings. The summed E-state index contributed by atoms with van der Waals surface area (Å²) in [5, 5.41) is 3.08.